The highest BCUT2D eigenvalue weighted by Gasteiger charge is 2.23. The summed E-state index contributed by atoms with van der Waals surface area (Å²) < 4.78 is 0. The SMILES string of the molecule is Clc1ccc(-c2ccc(C3CC3)cn2)cc1. The summed E-state index contributed by atoms with van der Waals surface area (Å²) in [5.41, 5.74) is 3.51. The van der Waals surface area contributed by atoms with E-state index in [9.17, 15) is 0 Å². The van der Waals surface area contributed by atoms with Gasteiger partial charge in [-0.15, -0.1) is 0 Å². The third kappa shape index (κ3) is 1.96. The predicted molar refractivity (Wildman–Crippen MR) is 66.7 cm³/mol. The molecule has 0 aliphatic heterocycles. The molecule has 0 N–H and O–H groups in total. The van der Waals surface area contributed by atoms with Gasteiger partial charge in [-0.25, -0.2) is 0 Å². The van der Waals surface area contributed by atoms with Crippen molar-refractivity contribution in [3.05, 3.63) is 53.2 Å². The minimum atomic E-state index is 0.762. The lowest BCUT2D eigenvalue weighted by atomic mass is 10.1. The van der Waals surface area contributed by atoms with Crippen molar-refractivity contribution in [1.29, 1.82) is 0 Å². The first-order valence-electron chi connectivity index (χ1n) is 5.55. The Hall–Kier alpha value is -1.34. The molecule has 0 bridgehead atoms. The number of rotatable bonds is 2. The smallest absolute Gasteiger partial charge is 0.0702 e. The molecular weight excluding hydrogens is 218 g/mol. The summed E-state index contributed by atoms with van der Waals surface area (Å²) in [6, 6.07) is 12.1. The molecule has 0 saturated heterocycles. The number of pyridine rings is 1. The minimum absolute atomic E-state index is 0.762. The van der Waals surface area contributed by atoms with Crippen LogP contribution in [0.1, 0.15) is 24.3 Å². The molecule has 1 aromatic carbocycles. The molecule has 1 aliphatic carbocycles. The van der Waals surface area contributed by atoms with Crippen LogP contribution in [0.2, 0.25) is 5.02 Å². The maximum absolute atomic E-state index is 5.85. The van der Waals surface area contributed by atoms with Gasteiger partial charge >= 0.3 is 0 Å². The van der Waals surface area contributed by atoms with Crippen molar-refractivity contribution in [3.63, 3.8) is 0 Å². The van der Waals surface area contributed by atoms with Gasteiger partial charge in [0.15, 0.2) is 0 Å². The number of hydrogen-bond acceptors (Lipinski definition) is 1. The normalized spacial score (nSPS) is 15.1. The Morgan fingerprint density at radius 1 is 1.00 bits per heavy atom. The van der Waals surface area contributed by atoms with Crippen molar-refractivity contribution in [3.8, 4) is 11.3 Å². The van der Waals surface area contributed by atoms with Gasteiger partial charge in [-0.1, -0.05) is 29.8 Å². The van der Waals surface area contributed by atoms with Crippen molar-refractivity contribution in [2.75, 3.05) is 0 Å². The predicted octanol–water partition coefficient (Wildman–Crippen LogP) is 4.28. The summed E-state index contributed by atoms with van der Waals surface area (Å²) in [7, 11) is 0. The molecule has 1 aliphatic rings. The van der Waals surface area contributed by atoms with Crippen LogP contribution in [0.5, 0.6) is 0 Å². The second-order valence-electron chi connectivity index (χ2n) is 4.26. The lowest BCUT2D eigenvalue weighted by Gasteiger charge is -2.02. The van der Waals surface area contributed by atoms with E-state index in [-0.39, 0.29) is 0 Å². The number of halogens is 1. The molecule has 1 heterocycles. The van der Waals surface area contributed by atoms with Crippen LogP contribution in [0.15, 0.2) is 42.6 Å². The molecule has 0 unspecified atom stereocenters. The highest BCUT2D eigenvalue weighted by Crippen LogP contribution is 2.39. The van der Waals surface area contributed by atoms with Crippen molar-refractivity contribution in [2.24, 2.45) is 0 Å². The van der Waals surface area contributed by atoms with Crippen LogP contribution in [-0.2, 0) is 0 Å². The van der Waals surface area contributed by atoms with Crippen molar-refractivity contribution in [2.45, 2.75) is 18.8 Å². The molecule has 2 aromatic rings. The maximum Gasteiger partial charge on any atom is 0.0702 e. The number of hydrogen-bond donors (Lipinski definition) is 0. The summed E-state index contributed by atoms with van der Waals surface area (Å²) in [4.78, 5) is 4.50. The average Bonchev–Trinajstić information content (AvgIpc) is 3.14. The highest BCUT2D eigenvalue weighted by atomic mass is 35.5. The molecule has 1 aromatic heterocycles. The molecule has 2 heteroatoms. The lowest BCUT2D eigenvalue weighted by Crippen LogP contribution is -1.86. The van der Waals surface area contributed by atoms with Gasteiger partial charge in [0, 0.05) is 16.8 Å². The van der Waals surface area contributed by atoms with Gasteiger partial charge in [0.25, 0.3) is 0 Å². The van der Waals surface area contributed by atoms with E-state index >= 15 is 0 Å². The van der Waals surface area contributed by atoms with Gasteiger partial charge in [-0.2, -0.15) is 0 Å². The quantitative estimate of drug-likeness (QED) is 0.749. The standard InChI is InChI=1S/C14H12ClN/c15-13-6-3-11(4-7-13)14-8-5-12(9-16-14)10-1-2-10/h3-10H,1-2H2. The monoisotopic (exact) mass is 229 g/mol. The molecule has 0 amide bonds. The third-order valence-electron chi connectivity index (χ3n) is 2.98. The Kier molecular flexibility index (Phi) is 2.41. The van der Waals surface area contributed by atoms with Crippen LogP contribution in [0, 0.1) is 0 Å². The molecule has 0 radical (unpaired) electrons. The number of aromatic nitrogens is 1. The van der Waals surface area contributed by atoms with Crippen LogP contribution < -0.4 is 0 Å². The van der Waals surface area contributed by atoms with Crippen LogP contribution >= 0.6 is 11.6 Å². The van der Waals surface area contributed by atoms with Gasteiger partial charge in [-0.3, -0.25) is 4.98 Å². The van der Waals surface area contributed by atoms with E-state index in [0.29, 0.717) is 0 Å². The Morgan fingerprint density at radius 3 is 2.31 bits per heavy atom. The zero-order chi connectivity index (χ0) is 11.0. The first-order valence-corrected chi connectivity index (χ1v) is 5.92. The largest absolute Gasteiger partial charge is 0.256 e. The fourth-order valence-corrected chi connectivity index (χ4v) is 1.98. The molecule has 1 fully saturated rings. The van der Waals surface area contributed by atoms with E-state index in [1.165, 1.54) is 18.4 Å². The second-order valence-corrected chi connectivity index (χ2v) is 4.69. The van der Waals surface area contributed by atoms with E-state index < -0.39 is 0 Å². The zero-order valence-electron chi connectivity index (χ0n) is 8.86. The average molecular weight is 230 g/mol. The van der Waals surface area contributed by atoms with Crippen LogP contribution in [-0.4, -0.2) is 4.98 Å². The van der Waals surface area contributed by atoms with E-state index in [2.05, 4.69) is 17.1 Å². The maximum atomic E-state index is 5.85. The summed E-state index contributed by atoms with van der Waals surface area (Å²) >= 11 is 5.85. The van der Waals surface area contributed by atoms with E-state index in [1.54, 1.807) is 0 Å². The van der Waals surface area contributed by atoms with Crippen molar-refractivity contribution < 1.29 is 0 Å². The molecule has 16 heavy (non-hydrogen) atoms. The molecule has 3 rings (SSSR count). The first kappa shape index (κ1) is 9.86. The van der Waals surface area contributed by atoms with Crippen molar-refractivity contribution >= 4 is 11.6 Å². The molecule has 80 valence electrons. The summed E-state index contributed by atoms with van der Waals surface area (Å²) in [6.45, 7) is 0. The van der Waals surface area contributed by atoms with E-state index in [1.807, 2.05) is 30.5 Å². The Bertz CT molecular complexity index is 483. The van der Waals surface area contributed by atoms with Gasteiger partial charge < -0.3 is 0 Å². The van der Waals surface area contributed by atoms with E-state index in [0.717, 1.165) is 22.2 Å². The van der Waals surface area contributed by atoms with E-state index in [4.69, 9.17) is 11.6 Å². The summed E-state index contributed by atoms with van der Waals surface area (Å²) in [5, 5.41) is 0.762. The molecule has 1 saturated carbocycles. The molecule has 0 atom stereocenters. The first-order chi connectivity index (χ1) is 7.83. The molecular formula is C14H12ClN. The zero-order valence-corrected chi connectivity index (χ0v) is 9.61. The topological polar surface area (TPSA) is 12.9 Å². The molecule has 1 nitrogen and oxygen atoms in total. The van der Waals surface area contributed by atoms with Crippen molar-refractivity contribution in [1.82, 2.24) is 4.98 Å². The summed E-state index contributed by atoms with van der Waals surface area (Å²) in [6.07, 6.45) is 4.64. The van der Waals surface area contributed by atoms with Crippen LogP contribution in [0.3, 0.4) is 0 Å². The number of benzene rings is 1. The van der Waals surface area contributed by atoms with Crippen LogP contribution in [0.25, 0.3) is 11.3 Å². The molecule has 0 spiro atoms. The third-order valence-corrected chi connectivity index (χ3v) is 3.23. The van der Waals surface area contributed by atoms with Crippen LogP contribution in [0.4, 0.5) is 0 Å². The fraction of sp³-hybridized carbons (Fsp3) is 0.214. The number of nitrogens with zero attached hydrogens (tertiary/aromatic N) is 1. The lowest BCUT2D eigenvalue weighted by molar-refractivity contribution is 1.10. The van der Waals surface area contributed by atoms with Gasteiger partial charge in [0.1, 0.15) is 0 Å². The van der Waals surface area contributed by atoms with Gasteiger partial charge in [-0.05, 0) is 42.5 Å². The second kappa shape index (κ2) is 3.91. The fourth-order valence-electron chi connectivity index (χ4n) is 1.85. The van der Waals surface area contributed by atoms with Gasteiger partial charge in [0.2, 0.25) is 0 Å². The van der Waals surface area contributed by atoms with Gasteiger partial charge in [0.05, 0.1) is 5.69 Å². The summed E-state index contributed by atoms with van der Waals surface area (Å²) in [5.74, 6) is 0.770. The minimum Gasteiger partial charge on any atom is -0.256 e. The highest BCUT2D eigenvalue weighted by molar-refractivity contribution is 6.30. The Morgan fingerprint density at radius 2 is 1.75 bits per heavy atom. The Labute approximate surface area is 100 Å². The Balaban J connectivity index is 1.91.